The number of hydrogen-bond acceptors (Lipinski definition) is 2. The molecular formula is C7H6INO3. The van der Waals surface area contributed by atoms with Crippen LogP contribution in [0.25, 0.3) is 0 Å². The predicted octanol–water partition coefficient (Wildman–Crippen LogP) is 1.44. The topological polar surface area (TPSA) is 70.2 Å². The van der Waals surface area contributed by atoms with Crippen molar-refractivity contribution in [3.05, 3.63) is 20.5 Å². The van der Waals surface area contributed by atoms with Crippen molar-refractivity contribution in [2.45, 2.75) is 6.92 Å². The molecule has 0 spiro atoms. The molecule has 1 rings (SSSR count). The van der Waals surface area contributed by atoms with Crippen LogP contribution >= 0.6 is 22.6 Å². The maximum atomic E-state index is 10.6. The Bertz CT molecular complexity index is 343. The van der Waals surface area contributed by atoms with E-state index in [1.807, 2.05) is 22.6 Å². The second kappa shape index (κ2) is 3.26. The summed E-state index contributed by atoms with van der Waals surface area (Å²) < 4.78 is 0.687. The minimum atomic E-state index is -1.08. The molecule has 0 saturated heterocycles. The molecule has 1 aromatic heterocycles. The number of H-pyrrole nitrogens is 1. The number of aromatic carboxylic acids is 1. The molecule has 0 aromatic carbocycles. The minimum Gasteiger partial charge on any atom is -0.478 e. The first-order valence-corrected chi connectivity index (χ1v) is 4.22. The molecule has 0 fully saturated rings. The Balaban J connectivity index is 3.40. The van der Waals surface area contributed by atoms with Crippen molar-refractivity contribution in [3.8, 4) is 0 Å². The third kappa shape index (κ3) is 1.36. The molecule has 0 saturated carbocycles. The normalized spacial score (nSPS) is 9.83. The molecule has 1 aromatic rings. The number of halogens is 1. The van der Waals surface area contributed by atoms with Gasteiger partial charge in [0, 0.05) is 0 Å². The van der Waals surface area contributed by atoms with Crippen LogP contribution in [0.5, 0.6) is 0 Å². The third-order valence-corrected chi connectivity index (χ3v) is 2.63. The summed E-state index contributed by atoms with van der Waals surface area (Å²) in [5, 5.41) is 8.71. The largest absolute Gasteiger partial charge is 0.478 e. The van der Waals surface area contributed by atoms with Gasteiger partial charge in [0.25, 0.3) is 0 Å². The lowest BCUT2D eigenvalue weighted by atomic mass is 10.2. The highest BCUT2D eigenvalue weighted by Gasteiger charge is 2.17. The molecule has 0 aliphatic carbocycles. The van der Waals surface area contributed by atoms with E-state index in [-0.39, 0.29) is 11.3 Å². The van der Waals surface area contributed by atoms with Crippen LogP contribution in [0.15, 0.2) is 0 Å². The van der Waals surface area contributed by atoms with E-state index in [2.05, 4.69) is 4.98 Å². The smallest absolute Gasteiger partial charge is 0.338 e. The summed E-state index contributed by atoms with van der Waals surface area (Å²) >= 11 is 1.95. The summed E-state index contributed by atoms with van der Waals surface area (Å²) in [6, 6.07) is 0. The zero-order valence-electron chi connectivity index (χ0n) is 6.22. The summed E-state index contributed by atoms with van der Waals surface area (Å²) in [5.74, 6) is -1.08. The van der Waals surface area contributed by atoms with E-state index in [9.17, 15) is 9.59 Å². The molecule has 0 atom stereocenters. The van der Waals surface area contributed by atoms with Gasteiger partial charge in [0.2, 0.25) is 0 Å². The molecule has 0 radical (unpaired) electrons. The quantitative estimate of drug-likeness (QED) is 0.635. The summed E-state index contributed by atoms with van der Waals surface area (Å²) in [6.07, 6.45) is 0.513. The van der Waals surface area contributed by atoms with Gasteiger partial charge in [0.1, 0.15) is 0 Å². The standard InChI is InChI=1S/C7H6INO3/c1-3-5(7(11)12)4(2-10)9-6(3)8/h2,9H,1H3,(H,11,12). The number of carbonyl (C=O) groups excluding carboxylic acids is 1. The molecule has 2 N–H and O–H groups in total. The van der Waals surface area contributed by atoms with Crippen molar-refractivity contribution in [2.24, 2.45) is 0 Å². The number of carbonyl (C=O) groups is 2. The molecule has 0 unspecified atom stereocenters. The van der Waals surface area contributed by atoms with Crippen LogP contribution < -0.4 is 0 Å². The summed E-state index contributed by atoms with van der Waals surface area (Å²) in [4.78, 5) is 23.7. The van der Waals surface area contributed by atoms with Crippen molar-refractivity contribution in [3.63, 3.8) is 0 Å². The van der Waals surface area contributed by atoms with Crippen molar-refractivity contribution in [2.75, 3.05) is 0 Å². The molecule has 4 nitrogen and oxygen atoms in total. The summed E-state index contributed by atoms with van der Waals surface area (Å²) in [7, 11) is 0. The fraction of sp³-hybridized carbons (Fsp3) is 0.143. The first-order chi connectivity index (χ1) is 5.57. The van der Waals surface area contributed by atoms with Gasteiger partial charge in [-0.25, -0.2) is 4.79 Å². The number of aldehydes is 1. The number of nitrogens with one attached hydrogen (secondary N) is 1. The van der Waals surface area contributed by atoms with E-state index in [1.165, 1.54) is 0 Å². The highest BCUT2D eigenvalue weighted by atomic mass is 127. The van der Waals surface area contributed by atoms with E-state index >= 15 is 0 Å². The number of aromatic nitrogens is 1. The van der Waals surface area contributed by atoms with Crippen LogP contribution in [0.1, 0.15) is 26.4 Å². The summed E-state index contributed by atoms with van der Waals surface area (Å²) in [5.41, 5.74) is 0.795. The molecule has 0 aliphatic rings. The Hall–Kier alpha value is -0.850. The van der Waals surface area contributed by atoms with Gasteiger partial charge in [-0.05, 0) is 35.1 Å². The number of rotatable bonds is 2. The van der Waals surface area contributed by atoms with Crippen LogP contribution in [-0.2, 0) is 0 Å². The van der Waals surface area contributed by atoms with Gasteiger partial charge < -0.3 is 10.1 Å². The number of aromatic amines is 1. The molecule has 1 heterocycles. The first kappa shape index (κ1) is 9.24. The Kier molecular flexibility index (Phi) is 2.51. The lowest BCUT2D eigenvalue weighted by Gasteiger charge is -1.91. The maximum Gasteiger partial charge on any atom is 0.338 e. The van der Waals surface area contributed by atoms with Crippen LogP contribution in [0.3, 0.4) is 0 Å². The lowest BCUT2D eigenvalue weighted by Crippen LogP contribution is -2.00. The van der Waals surface area contributed by atoms with Crippen molar-refractivity contribution in [1.29, 1.82) is 0 Å². The number of carboxylic acid groups (broad SMARTS) is 1. The average Bonchev–Trinajstić information content (AvgIpc) is 2.28. The fourth-order valence-corrected chi connectivity index (χ4v) is 1.51. The molecule has 0 bridgehead atoms. The van der Waals surface area contributed by atoms with Crippen LogP contribution in [-0.4, -0.2) is 22.3 Å². The van der Waals surface area contributed by atoms with Gasteiger partial charge in [-0.15, -0.1) is 0 Å². The van der Waals surface area contributed by atoms with Gasteiger partial charge in [0.05, 0.1) is 15.0 Å². The van der Waals surface area contributed by atoms with Crippen molar-refractivity contribution >= 4 is 34.8 Å². The van der Waals surface area contributed by atoms with Crippen LogP contribution in [0.4, 0.5) is 0 Å². The summed E-state index contributed by atoms with van der Waals surface area (Å²) in [6.45, 7) is 1.66. The molecule has 0 amide bonds. The second-order valence-corrected chi connectivity index (χ2v) is 3.35. The zero-order valence-corrected chi connectivity index (χ0v) is 8.38. The molecule has 5 heteroatoms. The SMILES string of the molecule is Cc1c(I)[nH]c(C=O)c1C(=O)O. The van der Waals surface area contributed by atoms with Crippen LogP contribution in [0, 0.1) is 10.6 Å². The van der Waals surface area contributed by atoms with E-state index in [4.69, 9.17) is 5.11 Å². The van der Waals surface area contributed by atoms with E-state index < -0.39 is 5.97 Å². The fourth-order valence-electron chi connectivity index (χ4n) is 0.950. The Morgan fingerprint density at radius 1 is 1.67 bits per heavy atom. The number of hydrogen-bond donors (Lipinski definition) is 2. The first-order valence-electron chi connectivity index (χ1n) is 3.14. The Morgan fingerprint density at radius 2 is 2.25 bits per heavy atom. The van der Waals surface area contributed by atoms with Gasteiger partial charge in [-0.3, -0.25) is 4.79 Å². The lowest BCUT2D eigenvalue weighted by molar-refractivity contribution is 0.0693. The molecule has 0 aliphatic heterocycles. The monoisotopic (exact) mass is 279 g/mol. The number of carboxylic acids is 1. The molecular weight excluding hydrogens is 273 g/mol. The van der Waals surface area contributed by atoms with Gasteiger partial charge in [-0.2, -0.15) is 0 Å². The van der Waals surface area contributed by atoms with E-state index in [0.717, 1.165) is 0 Å². The predicted molar refractivity (Wildman–Crippen MR) is 50.6 cm³/mol. The third-order valence-electron chi connectivity index (χ3n) is 1.55. The van der Waals surface area contributed by atoms with E-state index in [0.29, 0.717) is 15.6 Å². The highest BCUT2D eigenvalue weighted by Crippen LogP contribution is 2.18. The van der Waals surface area contributed by atoms with Gasteiger partial charge in [-0.1, -0.05) is 0 Å². The highest BCUT2D eigenvalue weighted by molar-refractivity contribution is 14.1. The maximum absolute atomic E-state index is 10.6. The zero-order chi connectivity index (χ0) is 9.30. The average molecular weight is 279 g/mol. The van der Waals surface area contributed by atoms with Crippen molar-refractivity contribution < 1.29 is 14.7 Å². The second-order valence-electron chi connectivity index (χ2n) is 2.28. The molecule has 12 heavy (non-hydrogen) atoms. The van der Waals surface area contributed by atoms with Crippen LogP contribution in [0.2, 0.25) is 0 Å². The minimum absolute atomic E-state index is 0.0643. The Morgan fingerprint density at radius 3 is 2.58 bits per heavy atom. The van der Waals surface area contributed by atoms with Gasteiger partial charge >= 0.3 is 5.97 Å². The van der Waals surface area contributed by atoms with E-state index in [1.54, 1.807) is 6.92 Å². The van der Waals surface area contributed by atoms with Crippen molar-refractivity contribution in [1.82, 2.24) is 4.98 Å². The Labute approximate surface area is 82.1 Å². The van der Waals surface area contributed by atoms with Gasteiger partial charge in [0.15, 0.2) is 6.29 Å². The molecule has 64 valence electrons.